The first-order valence-corrected chi connectivity index (χ1v) is 9.85. The molecule has 6 nitrogen and oxygen atoms in total. The Hall–Kier alpha value is -3.15. The van der Waals surface area contributed by atoms with E-state index in [0.29, 0.717) is 23.5 Å². The van der Waals surface area contributed by atoms with Crippen LogP contribution in [-0.2, 0) is 22.4 Å². The predicted octanol–water partition coefficient (Wildman–Crippen LogP) is 3.12. The molecule has 0 fully saturated rings. The molecule has 152 valence electrons. The molecule has 0 unspecified atom stereocenters. The molecule has 1 aliphatic carbocycles. The molecule has 1 atom stereocenters. The van der Waals surface area contributed by atoms with Gasteiger partial charge in [-0.15, -0.1) is 0 Å². The van der Waals surface area contributed by atoms with Crippen LogP contribution in [-0.4, -0.2) is 36.9 Å². The smallest absolute Gasteiger partial charge is 0.326 e. The molecule has 0 aliphatic heterocycles. The Morgan fingerprint density at radius 2 is 1.83 bits per heavy atom. The molecule has 0 saturated carbocycles. The fourth-order valence-corrected chi connectivity index (χ4v) is 3.44. The molecule has 29 heavy (non-hydrogen) atoms. The monoisotopic (exact) mass is 395 g/mol. The minimum absolute atomic E-state index is 0.249. The Morgan fingerprint density at radius 1 is 1.07 bits per heavy atom. The van der Waals surface area contributed by atoms with Crippen molar-refractivity contribution in [3.05, 3.63) is 64.7 Å². The number of ketones is 1. The molecule has 0 aromatic heterocycles. The summed E-state index contributed by atoms with van der Waals surface area (Å²) in [6.45, 7) is 3.46. The second-order valence-electron chi connectivity index (χ2n) is 6.95. The number of para-hydroxylation sites is 1. The number of hydrogen-bond donors (Lipinski definition) is 1. The minimum atomic E-state index is -0.922. The highest BCUT2D eigenvalue weighted by Crippen LogP contribution is 2.23. The third kappa shape index (κ3) is 5.02. The van der Waals surface area contributed by atoms with Gasteiger partial charge >= 0.3 is 5.97 Å². The van der Waals surface area contributed by atoms with E-state index in [1.54, 1.807) is 37.3 Å². The van der Waals surface area contributed by atoms with Gasteiger partial charge in [0.25, 0.3) is 5.91 Å². The van der Waals surface area contributed by atoms with Crippen LogP contribution in [0.3, 0.4) is 0 Å². The maximum atomic E-state index is 12.6. The quantitative estimate of drug-likeness (QED) is 0.549. The average Bonchev–Trinajstić information content (AvgIpc) is 3.20. The van der Waals surface area contributed by atoms with Crippen LogP contribution in [0.15, 0.2) is 42.5 Å². The fourth-order valence-electron chi connectivity index (χ4n) is 3.44. The number of ether oxygens (including phenoxy) is 2. The molecule has 3 rings (SSSR count). The second kappa shape index (κ2) is 9.37. The van der Waals surface area contributed by atoms with Crippen molar-refractivity contribution in [1.29, 1.82) is 0 Å². The summed E-state index contributed by atoms with van der Waals surface area (Å²) in [5.41, 5.74) is 3.35. The molecule has 0 bridgehead atoms. The number of hydrogen-bond acceptors (Lipinski definition) is 5. The summed E-state index contributed by atoms with van der Waals surface area (Å²) >= 11 is 0. The van der Waals surface area contributed by atoms with E-state index in [1.807, 2.05) is 19.1 Å². The zero-order valence-corrected chi connectivity index (χ0v) is 16.7. The Kier molecular flexibility index (Phi) is 6.65. The van der Waals surface area contributed by atoms with Crippen LogP contribution in [0.1, 0.15) is 52.1 Å². The van der Waals surface area contributed by atoms with Crippen molar-refractivity contribution in [2.75, 3.05) is 13.2 Å². The Morgan fingerprint density at radius 3 is 2.62 bits per heavy atom. The van der Waals surface area contributed by atoms with Crippen LogP contribution in [0.4, 0.5) is 0 Å². The van der Waals surface area contributed by atoms with Crippen molar-refractivity contribution in [1.82, 2.24) is 5.32 Å². The minimum Gasteiger partial charge on any atom is -0.493 e. The van der Waals surface area contributed by atoms with E-state index in [2.05, 4.69) is 5.32 Å². The summed E-state index contributed by atoms with van der Waals surface area (Å²) < 4.78 is 10.6. The third-order valence-corrected chi connectivity index (χ3v) is 4.89. The molecule has 0 saturated heterocycles. The summed E-state index contributed by atoms with van der Waals surface area (Å²) in [6.07, 6.45) is 2.19. The largest absolute Gasteiger partial charge is 0.493 e. The topological polar surface area (TPSA) is 81.7 Å². The lowest BCUT2D eigenvalue weighted by Gasteiger charge is -2.14. The number of esters is 1. The molecule has 1 aliphatic rings. The molecule has 2 aromatic rings. The molecule has 2 aromatic carbocycles. The first kappa shape index (κ1) is 20.6. The van der Waals surface area contributed by atoms with E-state index in [0.717, 1.165) is 19.3 Å². The number of benzene rings is 2. The third-order valence-electron chi connectivity index (χ3n) is 4.89. The summed E-state index contributed by atoms with van der Waals surface area (Å²) in [5, 5.41) is 2.51. The van der Waals surface area contributed by atoms with Gasteiger partial charge in [-0.25, -0.2) is 0 Å². The zero-order valence-electron chi connectivity index (χ0n) is 16.7. The van der Waals surface area contributed by atoms with Crippen LogP contribution < -0.4 is 10.1 Å². The molecule has 6 heteroatoms. The Bertz CT molecular complexity index is 921. The summed E-state index contributed by atoms with van der Waals surface area (Å²) in [4.78, 5) is 37.0. The van der Waals surface area contributed by atoms with Crippen molar-refractivity contribution >= 4 is 17.7 Å². The van der Waals surface area contributed by atoms with E-state index in [1.165, 1.54) is 11.1 Å². The standard InChI is InChI=1S/C23H25NO5/c1-3-28-20-10-5-4-9-19(20)23(27)24-14-21(25)29-15(2)22(26)18-12-11-16-7-6-8-17(16)13-18/h4-5,9-13,15H,3,6-8,14H2,1-2H3,(H,24,27)/t15-/m1/s1. The maximum absolute atomic E-state index is 12.6. The van der Waals surface area contributed by atoms with E-state index in [4.69, 9.17) is 9.47 Å². The Labute approximate surface area is 170 Å². The zero-order chi connectivity index (χ0) is 20.8. The highest BCUT2D eigenvalue weighted by atomic mass is 16.5. The van der Waals surface area contributed by atoms with Gasteiger partial charge in [-0.05, 0) is 62.4 Å². The fraction of sp³-hybridized carbons (Fsp3) is 0.348. The van der Waals surface area contributed by atoms with Crippen molar-refractivity contribution in [3.8, 4) is 5.75 Å². The van der Waals surface area contributed by atoms with Gasteiger partial charge in [-0.2, -0.15) is 0 Å². The van der Waals surface area contributed by atoms with Crippen molar-refractivity contribution in [2.24, 2.45) is 0 Å². The second-order valence-corrected chi connectivity index (χ2v) is 6.95. The summed E-state index contributed by atoms with van der Waals surface area (Å²) in [5.74, 6) is -0.917. The maximum Gasteiger partial charge on any atom is 0.326 e. The summed E-state index contributed by atoms with van der Waals surface area (Å²) in [7, 11) is 0. The number of amides is 1. The number of carbonyl (C=O) groups is 3. The van der Waals surface area contributed by atoms with Gasteiger partial charge in [0.1, 0.15) is 12.3 Å². The number of nitrogens with one attached hydrogen (secondary N) is 1. The van der Waals surface area contributed by atoms with Gasteiger partial charge in [0.05, 0.1) is 12.2 Å². The van der Waals surface area contributed by atoms with Crippen LogP contribution in [0.25, 0.3) is 0 Å². The van der Waals surface area contributed by atoms with E-state index >= 15 is 0 Å². The van der Waals surface area contributed by atoms with Crippen LogP contribution >= 0.6 is 0 Å². The van der Waals surface area contributed by atoms with Crippen LogP contribution in [0.2, 0.25) is 0 Å². The molecular formula is C23H25NO5. The lowest BCUT2D eigenvalue weighted by atomic mass is 10.0. The lowest BCUT2D eigenvalue weighted by Crippen LogP contribution is -2.34. The molecule has 1 N–H and O–H groups in total. The van der Waals surface area contributed by atoms with E-state index in [-0.39, 0.29) is 12.3 Å². The first-order valence-electron chi connectivity index (χ1n) is 9.85. The van der Waals surface area contributed by atoms with Gasteiger partial charge in [0.15, 0.2) is 6.10 Å². The Balaban J connectivity index is 1.54. The van der Waals surface area contributed by atoms with E-state index < -0.39 is 18.0 Å². The SMILES string of the molecule is CCOc1ccccc1C(=O)NCC(=O)O[C@H](C)C(=O)c1ccc2c(c1)CCC2. The molecular weight excluding hydrogens is 370 g/mol. The average molecular weight is 395 g/mol. The summed E-state index contributed by atoms with van der Waals surface area (Å²) in [6, 6.07) is 12.4. The normalized spacial score (nSPS) is 13.3. The van der Waals surface area contributed by atoms with Crippen molar-refractivity contribution in [2.45, 2.75) is 39.2 Å². The lowest BCUT2D eigenvalue weighted by molar-refractivity contribution is -0.145. The van der Waals surface area contributed by atoms with Gasteiger partial charge in [0.2, 0.25) is 5.78 Å². The number of carbonyl (C=O) groups excluding carboxylic acids is 3. The van der Waals surface area contributed by atoms with Gasteiger partial charge in [0, 0.05) is 5.56 Å². The number of aryl methyl sites for hydroxylation is 2. The first-order chi connectivity index (χ1) is 14.0. The molecule has 0 spiro atoms. The molecule has 0 heterocycles. The van der Waals surface area contributed by atoms with Crippen molar-refractivity contribution in [3.63, 3.8) is 0 Å². The van der Waals surface area contributed by atoms with E-state index in [9.17, 15) is 14.4 Å². The van der Waals surface area contributed by atoms with Crippen LogP contribution in [0, 0.1) is 0 Å². The predicted molar refractivity (Wildman–Crippen MR) is 108 cm³/mol. The van der Waals surface area contributed by atoms with Gasteiger partial charge in [-0.3, -0.25) is 14.4 Å². The highest BCUT2D eigenvalue weighted by Gasteiger charge is 2.22. The number of Topliss-reactive ketones (excluding diaryl/α,β-unsaturated/α-hetero) is 1. The van der Waals surface area contributed by atoms with Gasteiger partial charge < -0.3 is 14.8 Å². The van der Waals surface area contributed by atoms with Gasteiger partial charge in [-0.1, -0.05) is 24.3 Å². The molecule has 1 amide bonds. The highest BCUT2D eigenvalue weighted by molar-refractivity contribution is 6.01. The van der Waals surface area contributed by atoms with Crippen molar-refractivity contribution < 1.29 is 23.9 Å². The number of rotatable bonds is 8. The molecule has 0 radical (unpaired) electrons. The number of fused-ring (bicyclic) bond motifs is 1. The van der Waals surface area contributed by atoms with Crippen LogP contribution in [0.5, 0.6) is 5.75 Å².